The summed E-state index contributed by atoms with van der Waals surface area (Å²) in [4.78, 5) is 4.69. The molecule has 0 amide bonds. The lowest BCUT2D eigenvalue weighted by Gasteiger charge is -2.26. The molecule has 0 bridgehead atoms. The van der Waals surface area contributed by atoms with E-state index in [-0.39, 0.29) is 5.41 Å². The van der Waals surface area contributed by atoms with Crippen molar-refractivity contribution in [2.45, 2.75) is 32.6 Å². The summed E-state index contributed by atoms with van der Waals surface area (Å²) in [6.07, 6.45) is 12.3. The molecule has 1 unspecified atom stereocenters. The molecule has 19 heavy (non-hydrogen) atoms. The minimum atomic E-state index is -0.0568. The number of benzene rings is 1. The zero-order valence-corrected chi connectivity index (χ0v) is 11.8. The Morgan fingerprint density at radius 3 is 2.84 bits per heavy atom. The summed E-state index contributed by atoms with van der Waals surface area (Å²) in [5, 5.41) is 0. The van der Waals surface area contributed by atoms with Gasteiger partial charge in [0.15, 0.2) is 0 Å². The van der Waals surface area contributed by atoms with Gasteiger partial charge in [-0.3, -0.25) is 4.99 Å². The van der Waals surface area contributed by atoms with Crippen LogP contribution < -0.4 is 0 Å². The number of fused-ring (bicyclic) bond motifs is 1. The number of hydrogen-bond donors (Lipinski definition) is 0. The molecule has 0 aromatic heterocycles. The fraction of sp³-hybridized carbons (Fsp3) is 0.278. The number of aliphatic imine (C=N–C) groups is 1. The van der Waals surface area contributed by atoms with Crippen LogP contribution in [-0.4, -0.2) is 5.71 Å². The first kappa shape index (κ1) is 13.4. The van der Waals surface area contributed by atoms with Gasteiger partial charge in [0.25, 0.3) is 0 Å². The molecule has 1 aromatic rings. The molecular formula is C18H19N. The fourth-order valence-electron chi connectivity index (χ4n) is 2.65. The van der Waals surface area contributed by atoms with Crippen LogP contribution in [0.2, 0.25) is 0 Å². The molecule has 1 aliphatic heterocycles. The third-order valence-electron chi connectivity index (χ3n) is 3.79. The predicted octanol–water partition coefficient (Wildman–Crippen LogP) is 4.58. The van der Waals surface area contributed by atoms with Crippen molar-refractivity contribution >= 4 is 11.4 Å². The lowest BCUT2D eigenvalue weighted by atomic mass is 9.75. The molecule has 0 radical (unpaired) electrons. The van der Waals surface area contributed by atoms with Crippen molar-refractivity contribution < 1.29 is 0 Å². The summed E-state index contributed by atoms with van der Waals surface area (Å²) < 4.78 is 0. The van der Waals surface area contributed by atoms with E-state index in [1.807, 2.05) is 25.1 Å². The van der Waals surface area contributed by atoms with Crippen molar-refractivity contribution in [3.63, 3.8) is 0 Å². The summed E-state index contributed by atoms with van der Waals surface area (Å²) in [5.41, 5.74) is 4.64. The summed E-state index contributed by atoms with van der Waals surface area (Å²) >= 11 is 0. The van der Waals surface area contributed by atoms with Gasteiger partial charge >= 0.3 is 0 Å². The van der Waals surface area contributed by atoms with Crippen LogP contribution in [-0.2, 0) is 5.41 Å². The largest absolute Gasteiger partial charge is 0.257 e. The Hall–Kier alpha value is -2.07. The Morgan fingerprint density at radius 2 is 2.16 bits per heavy atom. The molecule has 1 aliphatic rings. The van der Waals surface area contributed by atoms with Crippen molar-refractivity contribution in [2.75, 3.05) is 0 Å². The van der Waals surface area contributed by atoms with Gasteiger partial charge in [-0.2, -0.15) is 0 Å². The van der Waals surface area contributed by atoms with Gasteiger partial charge in [-0.25, -0.2) is 0 Å². The second-order valence-corrected chi connectivity index (χ2v) is 5.11. The number of terminal acetylenes is 1. The summed E-state index contributed by atoms with van der Waals surface area (Å²) in [6, 6.07) is 8.35. The lowest BCUT2D eigenvalue weighted by molar-refractivity contribution is 0.647. The van der Waals surface area contributed by atoms with E-state index in [0.717, 1.165) is 17.8 Å². The highest BCUT2D eigenvalue weighted by molar-refractivity contribution is 6.00. The molecular weight excluding hydrogens is 230 g/mol. The van der Waals surface area contributed by atoms with Crippen LogP contribution in [0.4, 0.5) is 5.69 Å². The van der Waals surface area contributed by atoms with Crippen molar-refractivity contribution in [3.8, 4) is 12.3 Å². The third-order valence-corrected chi connectivity index (χ3v) is 3.79. The lowest BCUT2D eigenvalue weighted by Crippen LogP contribution is -2.27. The van der Waals surface area contributed by atoms with Crippen molar-refractivity contribution in [3.05, 3.63) is 53.6 Å². The van der Waals surface area contributed by atoms with E-state index in [1.54, 1.807) is 0 Å². The van der Waals surface area contributed by atoms with Crippen LogP contribution in [0.5, 0.6) is 0 Å². The van der Waals surface area contributed by atoms with Crippen LogP contribution >= 0.6 is 0 Å². The van der Waals surface area contributed by atoms with Gasteiger partial charge in [0.1, 0.15) is 0 Å². The molecule has 1 atom stereocenters. The predicted molar refractivity (Wildman–Crippen MR) is 82.9 cm³/mol. The molecule has 0 saturated carbocycles. The molecule has 2 rings (SSSR count). The van der Waals surface area contributed by atoms with Crippen LogP contribution in [0.1, 0.15) is 32.8 Å². The normalized spacial score (nSPS) is 22.2. The van der Waals surface area contributed by atoms with Gasteiger partial charge in [-0.05, 0) is 50.5 Å². The highest BCUT2D eigenvalue weighted by atomic mass is 14.8. The van der Waals surface area contributed by atoms with Crippen LogP contribution in [0.25, 0.3) is 0 Å². The molecule has 1 heteroatoms. The minimum absolute atomic E-state index is 0.0568. The first-order valence-electron chi connectivity index (χ1n) is 6.55. The molecule has 0 fully saturated rings. The van der Waals surface area contributed by atoms with E-state index < -0.39 is 0 Å². The Kier molecular flexibility index (Phi) is 3.71. The summed E-state index contributed by atoms with van der Waals surface area (Å²) in [7, 11) is 0. The van der Waals surface area contributed by atoms with Gasteiger partial charge in [0.05, 0.1) is 5.69 Å². The van der Waals surface area contributed by atoms with Crippen LogP contribution in [0.3, 0.4) is 0 Å². The maximum atomic E-state index is 5.42. The van der Waals surface area contributed by atoms with E-state index in [0.29, 0.717) is 0 Å². The summed E-state index contributed by atoms with van der Waals surface area (Å²) in [6.45, 7) is 6.35. The average molecular weight is 249 g/mol. The Morgan fingerprint density at radius 1 is 1.42 bits per heavy atom. The number of allylic oxidation sites excluding steroid dienone is 4. The first-order chi connectivity index (χ1) is 9.11. The fourth-order valence-corrected chi connectivity index (χ4v) is 2.65. The van der Waals surface area contributed by atoms with E-state index in [4.69, 9.17) is 11.4 Å². The van der Waals surface area contributed by atoms with Gasteiger partial charge in [0.2, 0.25) is 0 Å². The highest BCUT2D eigenvalue weighted by Crippen LogP contribution is 2.43. The second-order valence-electron chi connectivity index (χ2n) is 5.11. The van der Waals surface area contributed by atoms with Crippen LogP contribution in [0, 0.1) is 12.3 Å². The molecule has 0 saturated heterocycles. The Bertz CT molecular complexity index is 611. The van der Waals surface area contributed by atoms with E-state index in [2.05, 4.69) is 44.0 Å². The number of hydrogen-bond acceptors (Lipinski definition) is 1. The SMILES string of the molecule is C#C/C=C(\C=C/C)CC1(C)C(C)=Nc2ccccc21. The minimum Gasteiger partial charge on any atom is -0.257 e. The van der Waals surface area contributed by atoms with E-state index in [9.17, 15) is 0 Å². The number of rotatable bonds is 3. The first-order valence-corrected chi connectivity index (χ1v) is 6.55. The third kappa shape index (κ3) is 2.39. The quantitative estimate of drug-likeness (QED) is 0.549. The molecule has 0 spiro atoms. The van der Waals surface area contributed by atoms with Gasteiger partial charge < -0.3 is 0 Å². The molecule has 1 aromatic carbocycles. The second kappa shape index (κ2) is 5.28. The topological polar surface area (TPSA) is 12.4 Å². The molecule has 0 N–H and O–H groups in total. The standard InChI is InChI=1S/C18H19N/c1-5-9-15(10-6-2)13-18(4)14(3)19-17-12-8-7-11-16(17)18/h1,6-12H,13H2,2-4H3/b10-6-,15-9+. The highest BCUT2D eigenvalue weighted by Gasteiger charge is 2.36. The maximum Gasteiger partial charge on any atom is 0.0670 e. The Labute approximate surface area is 115 Å². The van der Waals surface area contributed by atoms with E-state index >= 15 is 0 Å². The smallest absolute Gasteiger partial charge is 0.0670 e. The molecule has 0 aliphatic carbocycles. The average Bonchev–Trinajstić information content (AvgIpc) is 2.63. The molecule has 96 valence electrons. The van der Waals surface area contributed by atoms with E-state index in [1.165, 1.54) is 11.1 Å². The van der Waals surface area contributed by atoms with Gasteiger partial charge in [-0.15, -0.1) is 6.42 Å². The zero-order chi connectivity index (χ0) is 13.9. The molecule has 1 heterocycles. The maximum absolute atomic E-state index is 5.42. The van der Waals surface area contributed by atoms with Gasteiger partial charge in [0, 0.05) is 11.1 Å². The summed E-state index contributed by atoms with van der Waals surface area (Å²) in [5.74, 6) is 2.63. The number of nitrogens with zero attached hydrogens (tertiary/aromatic N) is 1. The van der Waals surface area contributed by atoms with Crippen molar-refractivity contribution in [1.29, 1.82) is 0 Å². The van der Waals surface area contributed by atoms with Crippen LogP contribution in [0.15, 0.2) is 53.1 Å². The molecule has 1 nitrogen and oxygen atoms in total. The number of para-hydroxylation sites is 1. The monoisotopic (exact) mass is 249 g/mol. The zero-order valence-electron chi connectivity index (χ0n) is 11.8. The van der Waals surface area contributed by atoms with Gasteiger partial charge in [-0.1, -0.05) is 36.3 Å². The van der Waals surface area contributed by atoms with Crippen molar-refractivity contribution in [2.24, 2.45) is 4.99 Å². The Balaban J connectivity index is 2.42. The van der Waals surface area contributed by atoms with Crippen molar-refractivity contribution in [1.82, 2.24) is 0 Å².